The molecule has 4 heterocycles. The Morgan fingerprint density at radius 2 is 1.25 bits per heavy atom. The van der Waals surface area contributed by atoms with Crippen molar-refractivity contribution in [2.75, 3.05) is 53.4 Å². The zero-order valence-electron chi connectivity index (χ0n) is 19.2. The Hall–Kier alpha value is -0.200. The quantitative estimate of drug-likeness (QED) is 0.626. The van der Waals surface area contributed by atoms with Crippen LogP contribution in [0.3, 0.4) is 0 Å². The number of hydrogen-bond donors (Lipinski definition) is 0. The lowest BCUT2D eigenvalue weighted by molar-refractivity contribution is -0.0375. The van der Waals surface area contributed by atoms with E-state index in [9.17, 15) is 0 Å². The van der Waals surface area contributed by atoms with Gasteiger partial charge in [0.2, 0.25) is 0 Å². The first-order valence-electron chi connectivity index (χ1n) is 11.0. The minimum absolute atomic E-state index is 0. The average molecular weight is 397 g/mol. The smallest absolute Gasteiger partial charge is 0.0870 e. The maximum absolute atomic E-state index is 5.81. The van der Waals surface area contributed by atoms with Gasteiger partial charge in [0.1, 0.15) is 0 Å². The van der Waals surface area contributed by atoms with Crippen molar-refractivity contribution in [1.29, 1.82) is 0 Å². The van der Waals surface area contributed by atoms with E-state index in [1.165, 1.54) is 25.9 Å². The molecular weight excluding hydrogens is 348 g/mol. The van der Waals surface area contributed by atoms with E-state index in [1.807, 2.05) is 0 Å². The second-order valence-corrected chi connectivity index (χ2v) is 11.2. The van der Waals surface area contributed by atoms with Gasteiger partial charge in [-0.1, -0.05) is 7.43 Å². The van der Waals surface area contributed by atoms with Gasteiger partial charge in [-0.2, -0.15) is 0 Å². The third-order valence-electron chi connectivity index (χ3n) is 7.32. The first kappa shape index (κ1) is 24.1. The second-order valence-electron chi connectivity index (χ2n) is 11.2. The molecule has 4 aliphatic heterocycles. The van der Waals surface area contributed by atoms with Gasteiger partial charge in [0.25, 0.3) is 0 Å². The summed E-state index contributed by atoms with van der Waals surface area (Å²) in [4.78, 5) is 10.2. The molecule has 4 aliphatic rings. The molecule has 4 unspecified atom stereocenters. The van der Waals surface area contributed by atoms with Crippen LogP contribution in [0.15, 0.2) is 0 Å². The highest BCUT2D eigenvalue weighted by molar-refractivity contribution is 4.98. The summed E-state index contributed by atoms with van der Waals surface area (Å²) < 4.78 is 5.81. The normalized spacial score (nSPS) is 35.1. The van der Waals surface area contributed by atoms with Crippen molar-refractivity contribution in [1.82, 2.24) is 19.6 Å². The molecule has 166 valence electrons. The summed E-state index contributed by atoms with van der Waals surface area (Å²) in [6.45, 7) is 20.6. The summed E-state index contributed by atoms with van der Waals surface area (Å²) in [5.41, 5.74) is 0.642. The molecule has 4 rings (SSSR count). The zero-order chi connectivity index (χ0) is 20.0. The minimum atomic E-state index is 0. The van der Waals surface area contributed by atoms with Crippen molar-refractivity contribution in [3.05, 3.63) is 0 Å². The summed E-state index contributed by atoms with van der Waals surface area (Å²) in [6, 6.07) is 2.28. The van der Waals surface area contributed by atoms with E-state index in [0.29, 0.717) is 17.7 Å². The van der Waals surface area contributed by atoms with Crippen molar-refractivity contribution in [2.45, 2.75) is 97.1 Å². The van der Waals surface area contributed by atoms with Gasteiger partial charge in [0.15, 0.2) is 0 Å². The SMILES string of the molecule is C.CN1C2CCC1CN(C(C)(C)C)C2.CN1CCOC2CN(C(C)(C)C)CC21. The number of ether oxygens (including phenoxy) is 1. The molecule has 0 radical (unpaired) electrons. The number of likely N-dealkylation sites (N-methyl/N-ethyl adjacent to an activating group) is 2. The summed E-state index contributed by atoms with van der Waals surface area (Å²) in [6.07, 6.45) is 3.26. The number of morpholine rings is 1. The van der Waals surface area contributed by atoms with E-state index < -0.39 is 0 Å². The number of hydrogen-bond acceptors (Lipinski definition) is 5. The van der Waals surface area contributed by atoms with Crippen molar-refractivity contribution >= 4 is 0 Å². The summed E-state index contributed by atoms with van der Waals surface area (Å²) in [5.74, 6) is 0. The molecule has 0 aromatic carbocycles. The molecule has 0 spiro atoms. The predicted octanol–water partition coefficient (Wildman–Crippen LogP) is 3.00. The molecule has 4 fully saturated rings. The molecular formula is C23H48N4O. The topological polar surface area (TPSA) is 22.2 Å². The number of rotatable bonds is 0. The van der Waals surface area contributed by atoms with Crippen LogP contribution in [0.1, 0.15) is 61.8 Å². The molecule has 5 nitrogen and oxygen atoms in total. The van der Waals surface area contributed by atoms with Crippen LogP contribution < -0.4 is 0 Å². The third-order valence-corrected chi connectivity index (χ3v) is 7.32. The first-order chi connectivity index (χ1) is 12.5. The fraction of sp³-hybridized carbons (Fsp3) is 1.00. The summed E-state index contributed by atoms with van der Waals surface area (Å²) in [5, 5.41) is 0. The van der Waals surface area contributed by atoms with Crippen LogP contribution >= 0.6 is 0 Å². The number of fused-ring (bicyclic) bond motifs is 3. The Bertz CT molecular complexity index is 484. The maximum Gasteiger partial charge on any atom is 0.0870 e. The van der Waals surface area contributed by atoms with Gasteiger partial charge < -0.3 is 4.74 Å². The standard InChI is InChI=1S/C11H22N2O.C11H22N2.CH4/c1-11(2,3)13-7-9-10(8-13)14-6-5-12(9)4;1-11(2,3)13-7-9-5-6-10(8-13)12(9)4;/h9-10H,5-8H2,1-4H3;9-10H,5-8H2,1-4H3;1H4. The second kappa shape index (κ2) is 8.89. The Balaban J connectivity index is 0.000000194. The van der Waals surface area contributed by atoms with E-state index in [-0.39, 0.29) is 13.0 Å². The van der Waals surface area contributed by atoms with Crippen LogP contribution in [0.25, 0.3) is 0 Å². The van der Waals surface area contributed by atoms with Crippen LogP contribution in [0.5, 0.6) is 0 Å². The molecule has 0 saturated carbocycles. The van der Waals surface area contributed by atoms with Gasteiger partial charge in [-0.15, -0.1) is 0 Å². The van der Waals surface area contributed by atoms with Crippen molar-refractivity contribution in [3.63, 3.8) is 0 Å². The lowest BCUT2D eigenvalue weighted by Gasteiger charge is -2.45. The highest BCUT2D eigenvalue weighted by Gasteiger charge is 2.42. The van der Waals surface area contributed by atoms with E-state index in [0.717, 1.165) is 38.3 Å². The summed E-state index contributed by atoms with van der Waals surface area (Å²) >= 11 is 0. The lowest BCUT2D eigenvalue weighted by Crippen LogP contribution is -2.57. The summed E-state index contributed by atoms with van der Waals surface area (Å²) in [7, 11) is 4.51. The van der Waals surface area contributed by atoms with Gasteiger partial charge >= 0.3 is 0 Å². The molecule has 28 heavy (non-hydrogen) atoms. The van der Waals surface area contributed by atoms with E-state index >= 15 is 0 Å². The molecule has 0 aliphatic carbocycles. The number of piperazine rings is 1. The van der Waals surface area contributed by atoms with Crippen LogP contribution in [-0.4, -0.2) is 108 Å². The maximum atomic E-state index is 5.81. The van der Waals surface area contributed by atoms with E-state index in [1.54, 1.807) is 0 Å². The van der Waals surface area contributed by atoms with Crippen molar-refractivity contribution < 1.29 is 4.74 Å². The van der Waals surface area contributed by atoms with Crippen LogP contribution in [0, 0.1) is 0 Å². The number of nitrogens with zero attached hydrogens (tertiary/aromatic N) is 4. The highest BCUT2D eigenvalue weighted by Crippen LogP contribution is 2.31. The molecule has 4 saturated heterocycles. The molecule has 0 aromatic heterocycles. The van der Waals surface area contributed by atoms with Gasteiger partial charge in [0, 0.05) is 61.9 Å². The minimum Gasteiger partial charge on any atom is -0.374 e. The zero-order valence-corrected chi connectivity index (χ0v) is 19.2. The number of likely N-dealkylation sites (tertiary alicyclic amines) is 2. The molecule has 4 atom stereocenters. The van der Waals surface area contributed by atoms with Gasteiger partial charge in [-0.05, 0) is 68.5 Å². The molecule has 0 N–H and O–H groups in total. The van der Waals surface area contributed by atoms with E-state index in [4.69, 9.17) is 4.74 Å². The van der Waals surface area contributed by atoms with Gasteiger partial charge in [-0.25, -0.2) is 0 Å². The largest absolute Gasteiger partial charge is 0.374 e. The Kier molecular flexibility index (Phi) is 7.64. The van der Waals surface area contributed by atoms with Gasteiger partial charge in [-0.3, -0.25) is 19.6 Å². The lowest BCUT2D eigenvalue weighted by atomic mass is 10.0. The fourth-order valence-corrected chi connectivity index (χ4v) is 5.07. The van der Waals surface area contributed by atoms with Crippen LogP contribution in [-0.2, 0) is 4.74 Å². The molecule has 0 amide bonds. The van der Waals surface area contributed by atoms with Crippen LogP contribution in [0.2, 0.25) is 0 Å². The predicted molar refractivity (Wildman–Crippen MR) is 120 cm³/mol. The third kappa shape index (κ3) is 5.28. The Labute approximate surface area is 175 Å². The van der Waals surface area contributed by atoms with E-state index in [2.05, 4.69) is 75.2 Å². The first-order valence-corrected chi connectivity index (χ1v) is 11.0. The van der Waals surface area contributed by atoms with Crippen LogP contribution in [0.4, 0.5) is 0 Å². The molecule has 0 aromatic rings. The highest BCUT2D eigenvalue weighted by atomic mass is 16.5. The molecule has 2 bridgehead atoms. The Morgan fingerprint density at radius 3 is 1.71 bits per heavy atom. The molecule has 5 heteroatoms. The van der Waals surface area contributed by atoms with Crippen molar-refractivity contribution in [2.24, 2.45) is 0 Å². The van der Waals surface area contributed by atoms with Gasteiger partial charge in [0.05, 0.1) is 12.7 Å². The fourth-order valence-electron chi connectivity index (χ4n) is 5.07. The average Bonchev–Trinajstić information content (AvgIpc) is 3.05. The van der Waals surface area contributed by atoms with Crippen molar-refractivity contribution in [3.8, 4) is 0 Å². The Morgan fingerprint density at radius 1 is 0.750 bits per heavy atom. The monoisotopic (exact) mass is 396 g/mol.